The molecule has 3 nitrogen and oxygen atoms in total. The van der Waals surface area contributed by atoms with Crippen LogP contribution in [0.1, 0.15) is 22.8 Å². The summed E-state index contributed by atoms with van der Waals surface area (Å²) >= 11 is 0. The van der Waals surface area contributed by atoms with Crippen LogP contribution >= 0.6 is 0 Å². The van der Waals surface area contributed by atoms with E-state index >= 15 is 0 Å². The van der Waals surface area contributed by atoms with E-state index in [1.807, 2.05) is 0 Å². The molecule has 0 aromatic heterocycles. The van der Waals surface area contributed by atoms with Crippen LogP contribution in [-0.4, -0.2) is 36.6 Å². The van der Waals surface area contributed by atoms with Gasteiger partial charge in [0.25, 0.3) is 5.91 Å². The fourth-order valence-electron chi connectivity index (χ4n) is 2.09. The molecule has 1 atom stereocenters. The lowest BCUT2D eigenvalue weighted by atomic mass is 10.1. The van der Waals surface area contributed by atoms with E-state index < -0.39 is 29.0 Å². The Morgan fingerprint density at radius 1 is 1.40 bits per heavy atom. The second-order valence-corrected chi connectivity index (χ2v) is 4.60. The molecule has 0 bridgehead atoms. The van der Waals surface area contributed by atoms with Gasteiger partial charge in [0.15, 0.2) is 0 Å². The van der Waals surface area contributed by atoms with Gasteiger partial charge in [-0.05, 0) is 19.1 Å². The maximum Gasteiger partial charge on any atom is 0.419 e. The van der Waals surface area contributed by atoms with Crippen LogP contribution in [0.5, 0.6) is 0 Å². The zero-order valence-corrected chi connectivity index (χ0v) is 10.7. The molecule has 0 spiro atoms. The van der Waals surface area contributed by atoms with Crippen molar-refractivity contribution in [3.8, 4) is 0 Å². The third-order valence-corrected chi connectivity index (χ3v) is 3.06. The highest BCUT2D eigenvalue weighted by Crippen LogP contribution is 2.32. The molecule has 1 aromatic carbocycles. The molecule has 110 valence electrons. The monoisotopic (exact) mass is 291 g/mol. The Morgan fingerprint density at radius 3 is 2.70 bits per heavy atom. The van der Waals surface area contributed by atoms with Crippen LogP contribution in [-0.2, 0) is 10.9 Å². The molecule has 0 N–H and O–H groups in total. The smallest absolute Gasteiger partial charge is 0.375 e. The highest BCUT2D eigenvalue weighted by Gasteiger charge is 2.36. The van der Waals surface area contributed by atoms with Crippen molar-refractivity contribution in [3.63, 3.8) is 0 Å². The minimum Gasteiger partial charge on any atom is -0.375 e. The van der Waals surface area contributed by atoms with E-state index in [0.717, 1.165) is 12.1 Å². The van der Waals surface area contributed by atoms with Gasteiger partial charge < -0.3 is 9.64 Å². The Bertz CT molecular complexity index is 516. The summed E-state index contributed by atoms with van der Waals surface area (Å²) < 4.78 is 56.9. The number of amides is 1. The number of nitrogens with zero attached hydrogens (tertiary/aromatic N) is 1. The summed E-state index contributed by atoms with van der Waals surface area (Å²) in [7, 11) is 0. The number of benzene rings is 1. The second-order valence-electron chi connectivity index (χ2n) is 4.60. The predicted molar refractivity (Wildman–Crippen MR) is 62.7 cm³/mol. The minimum atomic E-state index is -4.82. The van der Waals surface area contributed by atoms with Gasteiger partial charge in [-0.25, -0.2) is 4.39 Å². The van der Waals surface area contributed by atoms with Crippen LogP contribution in [0.15, 0.2) is 18.2 Å². The van der Waals surface area contributed by atoms with Gasteiger partial charge in [-0.2, -0.15) is 13.2 Å². The molecule has 1 fully saturated rings. The molecule has 1 saturated heterocycles. The molecule has 20 heavy (non-hydrogen) atoms. The largest absolute Gasteiger partial charge is 0.419 e. The molecule has 1 unspecified atom stereocenters. The zero-order valence-electron chi connectivity index (χ0n) is 10.7. The number of hydrogen-bond donors (Lipinski definition) is 0. The number of alkyl halides is 3. The Hall–Kier alpha value is -1.63. The maximum absolute atomic E-state index is 13.9. The van der Waals surface area contributed by atoms with E-state index in [0.29, 0.717) is 6.07 Å². The van der Waals surface area contributed by atoms with Gasteiger partial charge in [-0.1, -0.05) is 6.07 Å². The Labute approximate surface area is 113 Å². The van der Waals surface area contributed by atoms with Crippen molar-refractivity contribution >= 4 is 5.91 Å². The number of morpholine rings is 1. The van der Waals surface area contributed by atoms with Gasteiger partial charge in [-0.3, -0.25) is 4.79 Å². The van der Waals surface area contributed by atoms with Crippen LogP contribution in [0.4, 0.5) is 17.6 Å². The Balaban J connectivity index is 2.31. The van der Waals surface area contributed by atoms with Gasteiger partial charge in [0.2, 0.25) is 0 Å². The van der Waals surface area contributed by atoms with E-state index in [1.54, 1.807) is 6.92 Å². The third-order valence-electron chi connectivity index (χ3n) is 3.06. The first-order chi connectivity index (χ1) is 9.30. The molecule has 1 aliphatic heterocycles. The highest BCUT2D eigenvalue weighted by molar-refractivity contribution is 5.94. The van der Waals surface area contributed by atoms with Crippen LogP contribution in [0, 0.1) is 5.82 Å². The predicted octanol–water partition coefficient (Wildman–Crippen LogP) is 2.71. The van der Waals surface area contributed by atoms with Crippen molar-refractivity contribution in [2.24, 2.45) is 0 Å². The summed E-state index contributed by atoms with van der Waals surface area (Å²) in [5, 5.41) is 0. The number of hydrogen-bond acceptors (Lipinski definition) is 2. The third kappa shape index (κ3) is 2.92. The zero-order chi connectivity index (χ0) is 14.9. The lowest BCUT2D eigenvalue weighted by Crippen LogP contribution is -2.44. The normalized spacial score (nSPS) is 20.1. The lowest BCUT2D eigenvalue weighted by molar-refractivity contribution is -0.140. The van der Waals surface area contributed by atoms with Crippen LogP contribution in [0.3, 0.4) is 0 Å². The molecule has 0 saturated carbocycles. The molecular formula is C13H13F4NO2. The van der Waals surface area contributed by atoms with Crippen molar-refractivity contribution in [2.75, 3.05) is 19.7 Å². The van der Waals surface area contributed by atoms with E-state index in [-0.39, 0.29) is 25.8 Å². The van der Waals surface area contributed by atoms with Crippen molar-refractivity contribution in [1.29, 1.82) is 0 Å². The van der Waals surface area contributed by atoms with Crippen molar-refractivity contribution in [3.05, 3.63) is 35.1 Å². The summed E-state index contributed by atoms with van der Waals surface area (Å²) in [6.07, 6.45) is -5.04. The number of carbonyl (C=O) groups excluding carboxylic acids is 1. The maximum atomic E-state index is 13.9. The van der Waals surface area contributed by atoms with E-state index in [2.05, 4.69) is 0 Å². The van der Waals surface area contributed by atoms with E-state index in [4.69, 9.17) is 4.74 Å². The minimum absolute atomic E-state index is 0.221. The molecule has 1 amide bonds. The molecular weight excluding hydrogens is 278 g/mol. The highest BCUT2D eigenvalue weighted by atomic mass is 19.4. The summed E-state index contributed by atoms with van der Waals surface area (Å²) in [5.41, 5.74) is -1.99. The average Bonchev–Trinajstić information content (AvgIpc) is 2.37. The first kappa shape index (κ1) is 14.8. The summed E-state index contributed by atoms with van der Waals surface area (Å²) in [6, 6.07) is 2.71. The number of ether oxygens (including phenoxy) is 1. The fraction of sp³-hybridized carbons (Fsp3) is 0.462. The molecule has 0 aliphatic carbocycles. The van der Waals surface area contributed by atoms with Gasteiger partial charge >= 0.3 is 6.18 Å². The van der Waals surface area contributed by atoms with Crippen molar-refractivity contribution < 1.29 is 27.1 Å². The van der Waals surface area contributed by atoms with Gasteiger partial charge in [0.1, 0.15) is 5.82 Å². The van der Waals surface area contributed by atoms with E-state index in [1.165, 1.54) is 4.90 Å². The topological polar surface area (TPSA) is 29.5 Å². The molecule has 7 heteroatoms. The summed E-state index contributed by atoms with van der Waals surface area (Å²) in [6.45, 7) is 2.49. The summed E-state index contributed by atoms with van der Waals surface area (Å²) in [5.74, 6) is -2.27. The first-order valence-electron chi connectivity index (χ1n) is 6.07. The number of carbonyl (C=O) groups is 1. The quantitative estimate of drug-likeness (QED) is 0.745. The number of halogens is 4. The van der Waals surface area contributed by atoms with Gasteiger partial charge in [-0.15, -0.1) is 0 Å². The SMILES string of the molecule is CC1CN(C(=O)c2cccc(C(F)(F)F)c2F)CCO1. The molecule has 0 radical (unpaired) electrons. The fourth-order valence-corrected chi connectivity index (χ4v) is 2.09. The molecule has 1 aromatic rings. The first-order valence-corrected chi connectivity index (χ1v) is 6.07. The standard InChI is InChI=1S/C13H13F4NO2/c1-8-7-18(5-6-20-8)12(19)9-3-2-4-10(11(9)14)13(15,16)17/h2-4,8H,5-7H2,1H3. The van der Waals surface area contributed by atoms with Crippen molar-refractivity contribution in [2.45, 2.75) is 19.2 Å². The molecule has 1 heterocycles. The number of rotatable bonds is 1. The Kier molecular flexibility index (Phi) is 3.99. The van der Waals surface area contributed by atoms with Crippen LogP contribution < -0.4 is 0 Å². The van der Waals surface area contributed by atoms with Crippen molar-refractivity contribution in [1.82, 2.24) is 4.90 Å². The second kappa shape index (κ2) is 5.40. The summed E-state index contributed by atoms with van der Waals surface area (Å²) in [4.78, 5) is 13.4. The molecule has 2 rings (SSSR count). The van der Waals surface area contributed by atoms with Crippen LogP contribution in [0.2, 0.25) is 0 Å². The molecule has 1 aliphatic rings. The van der Waals surface area contributed by atoms with Gasteiger partial charge in [0, 0.05) is 13.1 Å². The van der Waals surface area contributed by atoms with Gasteiger partial charge in [0.05, 0.1) is 23.8 Å². The average molecular weight is 291 g/mol. The van der Waals surface area contributed by atoms with E-state index in [9.17, 15) is 22.4 Å². The lowest BCUT2D eigenvalue weighted by Gasteiger charge is -2.31. The van der Waals surface area contributed by atoms with Crippen LogP contribution in [0.25, 0.3) is 0 Å². The Morgan fingerprint density at radius 2 is 2.10 bits per heavy atom.